The molecule has 158 valence electrons. The van der Waals surface area contributed by atoms with Gasteiger partial charge in [-0.3, -0.25) is 9.69 Å². The Labute approximate surface area is 184 Å². The van der Waals surface area contributed by atoms with Crippen LogP contribution in [0.2, 0.25) is 5.02 Å². The second-order valence-corrected chi connectivity index (χ2v) is 8.26. The highest BCUT2D eigenvalue weighted by Crippen LogP contribution is 2.32. The topological polar surface area (TPSA) is 85.3 Å². The molecular weight excluding hydrogens is 414 g/mol. The van der Waals surface area contributed by atoms with Gasteiger partial charge in [-0.05, 0) is 37.3 Å². The number of aliphatic carboxylic acids is 1. The number of carbonyl (C=O) groups is 1. The molecule has 7 nitrogen and oxygen atoms in total. The number of rotatable bonds is 4. The van der Waals surface area contributed by atoms with Gasteiger partial charge in [-0.25, -0.2) is 9.97 Å². The number of halogens is 1. The van der Waals surface area contributed by atoms with E-state index in [-0.39, 0.29) is 0 Å². The molecule has 1 fully saturated rings. The number of H-pyrrole nitrogens is 1. The highest BCUT2D eigenvalue weighted by Gasteiger charge is 2.32. The van der Waals surface area contributed by atoms with Crippen molar-refractivity contribution in [2.75, 3.05) is 31.1 Å². The van der Waals surface area contributed by atoms with Gasteiger partial charge in [-0.15, -0.1) is 0 Å². The van der Waals surface area contributed by atoms with E-state index in [0.717, 1.165) is 39.0 Å². The number of fused-ring (bicyclic) bond motifs is 2. The van der Waals surface area contributed by atoms with Crippen molar-refractivity contribution < 1.29 is 9.90 Å². The van der Waals surface area contributed by atoms with Gasteiger partial charge < -0.3 is 15.0 Å². The third-order valence-corrected chi connectivity index (χ3v) is 6.14. The molecule has 3 heterocycles. The molecule has 1 saturated heterocycles. The molecule has 0 spiro atoms. The number of para-hydroxylation sites is 2. The largest absolute Gasteiger partial charge is 0.480 e. The number of carboxylic acid groups (broad SMARTS) is 1. The highest BCUT2D eigenvalue weighted by atomic mass is 35.5. The Kier molecular flexibility index (Phi) is 5.00. The van der Waals surface area contributed by atoms with E-state index >= 15 is 0 Å². The molecule has 2 N–H and O–H groups in total. The zero-order valence-corrected chi connectivity index (χ0v) is 17.8. The molecule has 31 heavy (non-hydrogen) atoms. The number of aromatic nitrogens is 3. The Balaban J connectivity index is 1.40. The van der Waals surface area contributed by atoms with Gasteiger partial charge in [-0.2, -0.15) is 0 Å². The van der Waals surface area contributed by atoms with Crippen LogP contribution in [0.5, 0.6) is 0 Å². The zero-order chi connectivity index (χ0) is 21.5. The normalized spacial score (nSPS) is 16.1. The van der Waals surface area contributed by atoms with Crippen LogP contribution < -0.4 is 4.90 Å². The van der Waals surface area contributed by atoms with Crippen LogP contribution in [-0.2, 0) is 4.79 Å². The van der Waals surface area contributed by atoms with Crippen molar-refractivity contribution in [1.82, 2.24) is 19.9 Å². The van der Waals surface area contributed by atoms with Crippen LogP contribution in [0.3, 0.4) is 0 Å². The predicted octanol–water partition coefficient (Wildman–Crippen LogP) is 4.02. The summed E-state index contributed by atoms with van der Waals surface area (Å²) >= 11 is 6.17. The number of nitrogens with zero attached hydrogens (tertiary/aromatic N) is 4. The van der Waals surface area contributed by atoms with Crippen molar-refractivity contribution in [3.05, 3.63) is 64.9 Å². The van der Waals surface area contributed by atoms with Crippen LogP contribution in [0.15, 0.2) is 48.7 Å². The summed E-state index contributed by atoms with van der Waals surface area (Å²) in [4.78, 5) is 29.1. The van der Waals surface area contributed by atoms with Crippen molar-refractivity contribution in [2.24, 2.45) is 0 Å². The van der Waals surface area contributed by atoms with Crippen molar-refractivity contribution in [1.29, 1.82) is 0 Å². The van der Waals surface area contributed by atoms with Gasteiger partial charge in [0, 0.05) is 53.9 Å². The summed E-state index contributed by atoms with van der Waals surface area (Å²) in [5.74, 6) is 0.0000962. The smallest absolute Gasteiger partial charge is 0.325 e. The number of hydrogen-bond acceptors (Lipinski definition) is 5. The van der Waals surface area contributed by atoms with Gasteiger partial charge in [0.05, 0.1) is 16.7 Å². The molecular formula is C23H22ClN5O2. The third-order valence-electron chi connectivity index (χ3n) is 5.90. The van der Waals surface area contributed by atoms with Gasteiger partial charge >= 0.3 is 5.97 Å². The second-order valence-electron chi connectivity index (χ2n) is 7.82. The lowest BCUT2D eigenvalue weighted by Crippen LogP contribution is -2.49. The molecule has 0 radical (unpaired) electrons. The molecule has 5 rings (SSSR count). The molecule has 2 aromatic heterocycles. The summed E-state index contributed by atoms with van der Waals surface area (Å²) < 4.78 is 0. The molecule has 4 aromatic rings. The fraction of sp³-hybridized carbons (Fsp3) is 0.261. The first kappa shape index (κ1) is 19.8. The summed E-state index contributed by atoms with van der Waals surface area (Å²) in [5, 5.41) is 11.5. The molecule has 0 amide bonds. The summed E-state index contributed by atoms with van der Waals surface area (Å²) in [6.07, 6.45) is 1.78. The van der Waals surface area contributed by atoms with E-state index in [1.54, 1.807) is 12.3 Å². The predicted molar refractivity (Wildman–Crippen MR) is 122 cm³/mol. The molecule has 1 aliphatic rings. The standard InChI is InChI=1S/C23H22ClN5O2/c1-14-22(27-20-5-3-2-4-19(20)26-14)29-10-8-28(9-11-29)21(23(30)31)17-13-25-18-7-6-15(24)12-16(17)18/h2-7,12-13,21,25H,8-11H2,1H3,(H,30,31)/t21-/m1/s1. The van der Waals surface area contributed by atoms with E-state index < -0.39 is 12.0 Å². The fourth-order valence-electron chi connectivity index (χ4n) is 4.40. The summed E-state index contributed by atoms with van der Waals surface area (Å²) in [6.45, 7) is 4.55. The van der Waals surface area contributed by atoms with E-state index in [1.165, 1.54) is 0 Å². The first-order valence-electron chi connectivity index (χ1n) is 10.2. The monoisotopic (exact) mass is 435 g/mol. The van der Waals surface area contributed by atoms with Crippen molar-refractivity contribution in [3.63, 3.8) is 0 Å². The van der Waals surface area contributed by atoms with Crippen molar-refractivity contribution in [3.8, 4) is 0 Å². The maximum absolute atomic E-state index is 12.3. The lowest BCUT2D eigenvalue weighted by atomic mass is 10.0. The van der Waals surface area contributed by atoms with Crippen molar-refractivity contribution in [2.45, 2.75) is 13.0 Å². The second kappa shape index (κ2) is 7.83. The van der Waals surface area contributed by atoms with Gasteiger partial charge in [0.25, 0.3) is 0 Å². The molecule has 1 aliphatic heterocycles. The average molecular weight is 436 g/mol. The number of nitrogens with one attached hydrogen (secondary N) is 1. The maximum Gasteiger partial charge on any atom is 0.325 e. The molecule has 0 bridgehead atoms. The Morgan fingerprint density at radius 2 is 1.81 bits per heavy atom. The average Bonchev–Trinajstić information content (AvgIpc) is 3.16. The Morgan fingerprint density at radius 3 is 2.52 bits per heavy atom. The Hall–Kier alpha value is -3.16. The number of aryl methyl sites for hydroxylation is 1. The van der Waals surface area contributed by atoms with Gasteiger partial charge in [-0.1, -0.05) is 23.7 Å². The molecule has 8 heteroatoms. The summed E-state index contributed by atoms with van der Waals surface area (Å²) in [5.41, 5.74) is 4.25. The van der Waals surface area contributed by atoms with Gasteiger partial charge in [0.1, 0.15) is 6.04 Å². The number of carboxylic acids is 1. The van der Waals surface area contributed by atoms with Crippen LogP contribution in [-0.4, -0.2) is 57.1 Å². The number of hydrogen-bond donors (Lipinski definition) is 2. The minimum absolute atomic E-state index is 0.590. The highest BCUT2D eigenvalue weighted by molar-refractivity contribution is 6.31. The zero-order valence-electron chi connectivity index (χ0n) is 17.0. The SMILES string of the molecule is Cc1nc2ccccc2nc1N1CCN([C@@H](C(=O)O)c2c[nH]c3ccc(Cl)cc23)CC1. The van der Waals surface area contributed by atoms with Crippen LogP contribution >= 0.6 is 11.6 Å². The number of piperazine rings is 1. The van der Waals surface area contributed by atoms with Gasteiger partial charge in [0.2, 0.25) is 0 Å². The molecule has 2 aromatic carbocycles. The van der Waals surface area contributed by atoms with Crippen LogP contribution in [0, 0.1) is 6.92 Å². The minimum atomic E-state index is -0.865. The maximum atomic E-state index is 12.3. The first-order valence-corrected chi connectivity index (χ1v) is 10.6. The molecule has 1 atom stereocenters. The van der Waals surface area contributed by atoms with E-state index in [2.05, 4.69) is 14.9 Å². The lowest BCUT2D eigenvalue weighted by molar-refractivity contribution is -0.143. The Bertz CT molecular complexity index is 1280. The van der Waals surface area contributed by atoms with Crippen LogP contribution in [0.25, 0.3) is 21.9 Å². The number of aromatic amines is 1. The van der Waals surface area contributed by atoms with E-state index in [0.29, 0.717) is 31.2 Å². The molecule has 0 unspecified atom stereocenters. The van der Waals surface area contributed by atoms with Crippen LogP contribution in [0.4, 0.5) is 5.82 Å². The molecule has 0 aliphatic carbocycles. The first-order chi connectivity index (χ1) is 15.0. The van der Waals surface area contributed by atoms with E-state index in [9.17, 15) is 9.90 Å². The quantitative estimate of drug-likeness (QED) is 0.503. The van der Waals surface area contributed by atoms with Crippen molar-refractivity contribution >= 4 is 45.3 Å². The summed E-state index contributed by atoms with van der Waals surface area (Å²) in [6, 6.07) is 12.6. The minimum Gasteiger partial charge on any atom is -0.480 e. The number of anilines is 1. The third kappa shape index (κ3) is 3.60. The molecule has 0 saturated carbocycles. The van der Waals surface area contributed by atoms with E-state index in [4.69, 9.17) is 16.6 Å². The number of benzene rings is 2. The van der Waals surface area contributed by atoms with Gasteiger partial charge in [0.15, 0.2) is 5.82 Å². The Morgan fingerprint density at radius 1 is 1.10 bits per heavy atom. The van der Waals surface area contributed by atoms with E-state index in [1.807, 2.05) is 48.2 Å². The summed E-state index contributed by atoms with van der Waals surface area (Å²) in [7, 11) is 0. The lowest BCUT2D eigenvalue weighted by Gasteiger charge is -2.38. The van der Waals surface area contributed by atoms with Crippen LogP contribution in [0.1, 0.15) is 17.3 Å². The fourth-order valence-corrected chi connectivity index (χ4v) is 4.57.